The molecule has 31 heavy (non-hydrogen) atoms. The summed E-state index contributed by atoms with van der Waals surface area (Å²) < 4.78 is 2.00. The second kappa shape index (κ2) is 9.49. The predicted octanol–water partition coefficient (Wildman–Crippen LogP) is 6.20. The van der Waals surface area contributed by atoms with Gasteiger partial charge in [0.1, 0.15) is 0 Å². The third-order valence-corrected chi connectivity index (χ3v) is 6.79. The Bertz CT molecular complexity index is 1050. The summed E-state index contributed by atoms with van der Waals surface area (Å²) >= 11 is 6.94. The van der Waals surface area contributed by atoms with Gasteiger partial charge in [-0.05, 0) is 66.3 Å². The fourth-order valence-corrected chi connectivity index (χ4v) is 4.82. The number of carboxylic acids is 1. The summed E-state index contributed by atoms with van der Waals surface area (Å²) in [5.74, 6) is -1.13. The molecule has 2 aliphatic rings. The maximum atomic E-state index is 13.0. The van der Waals surface area contributed by atoms with Gasteiger partial charge < -0.3 is 5.11 Å². The summed E-state index contributed by atoms with van der Waals surface area (Å²) in [6, 6.07) is 15.9. The van der Waals surface area contributed by atoms with E-state index in [1.165, 1.54) is 5.01 Å². The summed E-state index contributed by atoms with van der Waals surface area (Å²) in [7, 11) is 0. The van der Waals surface area contributed by atoms with Crippen molar-refractivity contribution in [2.24, 2.45) is 11.0 Å². The van der Waals surface area contributed by atoms with E-state index in [1.807, 2.05) is 36.4 Å². The molecule has 2 aromatic carbocycles. The van der Waals surface area contributed by atoms with E-state index < -0.39 is 5.97 Å². The van der Waals surface area contributed by atoms with E-state index in [0.717, 1.165) is 50.6 Å². The zero-order valence-corrected chi connectivity index (χ0v) is 20.0. The Balaban J connectivity index is 1.70. The Kier molecular flexibility index (Phi) is 6.72. The summed E-state index contributed by atoms with van der Waals surface area (Å²) in [6.45, 7) is 0. The van der Waals surface area contributed by atoms with E-state index in [-0.39, 0.29) is 30.7 Å². The molecule has 7 heteroatoms. The smallest absolute Gasteiger partial charge is 0.303 e. The molecule has 5 nitrogen and oxygen atoms in total. The zero-order valence-electron chi connectivity index (χ0n) is 16.8. The van der Waals surface area contributed by atoms with E-state index in [4.69, 9.17) is 10.2 Å². The number of aliphatic carboxylic acids is 1. The van der Waals surface area contributed by atoms with E-state index in [2.05, 4.69) is 50.1 Å². The quantitative estimate of drug-likeness (QED) is 0.486. The molecule has 1 fully saturated rings. The van der Waals surface area contributed by atoms with Gasteiger partial charge in [-0.1, -0.05) is 56.1 Å². The molecule has 1 aliphatic heterocycles. The number of nitrogens with zero attached hydrogens (tertiary/aromatic N) is 2. The van der Waals surface area contributed by atoms with Crippen LogP contribution in [-0.4, -0.2) is 27.7 Å². The molecule has 0 radical (unpaired) electrons. The van der Waals surface area contributed by atoms with Gasteiger partial charge in [-0.2, -0.15) is 5.10 Å². The Hall–Kier alpha value is -2.25. The molecule has 4 rings (SSSR count). The molecule has 1 heterocycles. The summed E-state index contributed by atoms with van der Waals surface area (Å²) in [6.07, 6.45) is 4.78. The lowest BCUT2D eigenvalue weighted by Crippen LogP contribution is -2.32. The van der Waals surface area contributed by atoms with Crippen molar-refractivity contribution in [3.05, 3.63) is 74.2 Å². The number of halogens is 2. The lowest BCUT2D eigenvalue weighted by atomic mass is 9.77. The molecule has 2 atom stereocenters. The van der Waals surface area contributed by atoms with Crippen molar-refractivity contribution in [2.75, 3.05) is 0 Å². The van der Waals surface area contributed by atoms with Gasteiger partial charge in [0.2, 0.25) is 5.91 Å². The van der Waals surface area contributed by atoms with Crippen LogP contribution in [0.1, 0.15) is 49.3 Å². The molecular weight excluding hydrogens is 524 g/mol. The molecule has 1 saturated carbocycles. The van der Waals surface area contributed by atoms with E-state index in [0.29, 0.717) is 0 Å². The molecule has 0 saturated heterocycles. The Labute approximate surface area is 198 Å². The maximum absolute atomic E-state index is 13.0. The van der Waals surface area contributed by atoms with Crippen molar-refractivity contribution in [3.63, 3.8) is 0 Å². The summed E-state index contributed by atoms with van der Waals surface area (Å²) in [4.78, 5) is 24.0. The summed E-state index contributed by atoms with van der Waals surface area (Å²) in [5.41, 5.74) is 4.21. The number of carboxylic acid groups (broad SMARTS) is 1. The summed E-state index contributed by atoms with van der Waals surface area (Å²) in [5, 5.41) is 15.3. The average molecular weight is 546 g/mol. The normalized spacial score (nSPS) is 21.7. The minimum Gasteiger partial charge on any atom is -0.481 e. The number of amides is 1. The fraction of sp³-hybridized carbons (Fsp3) is 0.292. The SMILES string of the molecule is O=C(O)CCC(=O)N1N=C2/C(=C\c3ccc(Br)cc3)CCC[C@H]2[C@H]1c1ccc(Br)cc1. The second-order valence-corrected chi connectivity index (χ2v) is 9.66. The second-order valence-electron chi connectivity index (χ2n) is 7.83. The van der Waals surface area contributed by atoms with Crippen LogP contribution in [0.5, 0.6) is 0 Å². The van der Waals surface area contributed by atoms with Gasteiger partial charge >= 0.3 is 5.97 Å². The van der Waals surface area contributed by atoms with Crippen molar-refractivity contribution < 1.29 is 14.7 Å². The fourth-order valence-electron chi connectivity index (χ4n) is 4.29. The minimum atomic E-state index is -0.978. The first-order valence-corrected chi connectivity index (χ1v) is 11.9. The molecule has 0 bridgehead atoms. The molecule has 0 unspecified atom stereocenters. The topological polar surface area (TPSA) is 70.0 Å². The van der Waals surface area contributed by atoms with Gasteiger partial charge in [-0.25, -0.2) is 5.01 Å². The lowest BCUT2D eigenvalue weighted by molar-refractivity contribution is -0.141. The highest BCUT2D eigenvalue weighted by atomic mass is 79.9. The Morgan fingerprint density at radius 3 is 2.32 bits per heavy atom. The number of carbonyl (C=O) groups excluding carboxylic acids is 1. The van der Waals surface area contributed by atoms with Crippen LogP contribution in [0.15, 0.2) is 68.2 Å². The largest absolute Gasteiger partial charge is 0.481 e. The predicted molar refractivity (Wildman–Crippen MR) is 127 cm³/mol. The van der Waals surface area contributed by atoms with Gasteiger partial charge in [-0.3, -0.25) is 9.59 Å². The molecular formula is C24H22Br2N2O3. The van der Waals surface area contributed by atoms with Gasteiger partial charge in [0, 0.05) is 21.3 Å². The molecule has 160 valence electrons. The maximum Gasteiger partial charge on any atom is 0.303 e. The average Bonchev–Trinajstić information content (AvgIpc) is 3.15. The lowest BCUT2D eigenvalue weighted by Gasteiger charge is -2.29. The van der Waals surface area contributed by atoms with E-state index in [9.17, 15) is 9.59 Å². The Morgan fingerprint density at radius 1 is 1.03 bits per heavy atom. The highest BCUT2D eigenvalue weighted by molar-refractivity contribution is 9.10. The van der Waals surface area contributed by atoms with Crippen LogP contribution in [0.4, 0.5) is 0 Å². The van der Waals surface area contributed by atoms with Gasteiger partial charge in [0.05, 0.1) is 18.2 Å². The van der Waals surface area contributed by atoms with Crippen molar-refractivity contribution in [1.82, 2.24) is 5.01 Å². The molecule has 1 aliphatic carbocycles. The van der Waals surface area contributed by atoms with Crippen molar-refractivity contribution in [1.29, 1.82) is 0 Å². The third-order valence-electron chi connectivity index (χ3n) is 5.73. The van der Waals surface area contributed by atoms with Crippen LogP contribution < -0.4 is 0 Å². The first-order chi connectivity index (χ1) is 14.9. The molecule has 0 aromatic heterocycles. The highest BCUT2D eigenvalue weighted by Crippen LogP contribution is 2.44. The standard InChI is InChI=1S/C24H22Br2N2O3/c25-18-8-4-15(5-9-18)14-17-2-1-3-20-23(17)27-28(21(29)12-13-22(30)31)24(20)16-6-10-19(26)11-7-16/h4-11,14,20,24H,1-3,12-13H2,(H,30,31)/b17-14-/t20-,24-/m1/s1. The number of rotatable bonds is 5. The van der Waals surface area contributed by atoms with Crippen LogP contribution in [-0.2, 0) is 9.59 Å². The zero-order chi connectivity index (χ0) is 22.0. The van der Waals surface area contributed by atoms with Crippen LogP contribution in [0.25, 0.3) is 6.08 Å². The number of hydrogen-bond acceptors (Lipinski definition) is 3. The van der Waals surface area contributed by atoms with E-state index >= 15 is 0 Å². The van der Waals surface area contributed by atoms with Gasteiger partial charge in [0.25, 0.3) is 0 Å². The molecule has 1 N–H and O–H groups in total. The highest BCUT2D eigenvalue weighted by Gasteiger charge is 2.43. The van der Waals surface area contributed by atoms with Gasteiger partial charge in [-0.15, -0.1) is 0 Å². The van der Waals surface area contributed by atoms with Crippen LogP contribution >= 0.6 is 31.9 Å². The van der Waals surface area contributed by atoms with Crippen molar-refractivity contribution >= 4 is 55.5 Å². The van der Waals surface area contributed by atoms with Crippen molar-refractivity contribution in [3.8, 4) is 0 Å². The number of hydrogen-bond donors (Lipinski definition) is 1. The Morgan fingerprint density at radius 2 is 1.68 bits per heavy atom. The number of allylic oxidation sites excluding steroid dienone is 1. The number of carbonyl (C=O) groups is 2. The monoisotopic (exact) mass is 544 g/mol. The van der Waals surface area contributed by atoms with Gasteiger partial charge in [0.15, 0.2) is 0 Å². The van der Waals surface area contributed by atoms with Crippen LogP contribution in [0, 0.1) is 5.92 Å². The van der Waals surface area contributed by atoms with Crippen LogP contribution in [0.3, 0.4) is 0 Å². The molecule has 1 amide bonds. The van der Waals surface area contributed by atoms with Crippen LogP contribution in [0.2, 0.25) is 0 Å². The molecule has 2 aromatic rings. The van der Waals surface area contributed by atoms with Crippen molar-refractivity contribution in [2.45, 2.75) is 38.1 Å². The number of hydrazone groups is 1. The first-order valence-electron chi connectivity index (χ1n) is 10.3. The number of benzene rings is 2. The number of fused-ring (bicyclic) bond motifs is 1. The third kappa shape index (κ3) is 4.99. The van der Waals surface area contributed by atoms with E-state index in [1.54, 1.807) is 0 Å². The molecule has 0 spiro atoms. The first kappa shape index (κ1) is 22.0. The minimum absolute atomic E-state index is 0.0579.